The van der Waals surface area contributed by atoms with E-state index in [1.165, 1.54) is 18.2 Å². The van der Waals surface area contributed by atoms with Crippen molar-refractivity contribution in [3.63, 3.8) is 0 Å². The molecule has 8 heteroatoms. The van der Waals surface area contributed by atoms with Crippen molar-refractivity contribution < 1.29 is 19.6 Å². The third kappa shape index (κ3) is 7.60. The molecule has 0 atom stereocenters. The molecular weight excluding hydrogens is 324 g/mol. The first kappa shape index (κ1) is 18.9. The van der Waals surface area contributed by atoms with Gasteiger partial charge in [0.1, 0.15) is 0 Å². The van der Waals surface area contributed by atoms with Crippen LogP contribution < -0.4 is 5.32 Å². The minimum atomic E-state index is -0.793. The number of carboxylic acid groups (broad SMARTS) is 1. The van der Waals surface area contributed by atoms with Crippen LogP contribution in [0, 0.1) is 10.1 Å². The van der Waals surface area contributed by atoms with Crippen LogP contribution in [0.1, 0.15) is 37.7 Å². The highest BCUT2D eigenvalue weighted by atomic mass is 35.5. The van der Waals surface area contributed by atoms with E-state index in [1.807, 2.05) is 0 Å². The Hall–Kier alpha value is -2.15. The van der Waals surface area contributed by atoms with Crippen molar-refractivity contribution in [2.24, 2.45) is 0 Å². The molecular formula is C15H19ClN2O5. The molecule has 7 nitrogen and oxygen atoms in total. The highest BCUT2D eigenvalue weighted by molar-refractivity contribution is 6.31. The summed E-state index contributed by atoms with van der Waals surface area (Å²) in [6.45, 7) is 0.510. The molecule has 1 rings (SSSR count). The number of nitro benzene ring substituents is 1. The number of amides is 1. The molecule has 0 aliphatic heterocycles. The first-order chi connectivity index (χ1) is 10.9. The second-order valence-electron chi connectivity index (χ2n) is 5.12. The molecule has 2 N–H and O–H groups in total. The molecule has 0 aromatic heterocycles. The Kier molecular flexibility index (Phi) is 8.04. The second kappa shape index (κ2) is 9.78. The molecule has 0 unspecified atom stereocenters. The van der Waals surface area contributed by atoms with Crippen LogP contribution in [0.4, 0.5) is 5.69 Å². The number of carbonyl (C=O) groups is 2. The quantitative estimate of drug-likeness (QED) is 0.386. The summed E-state index contributed by atoms with van der Waals surface area (Å²) in [5, 5.41) is 22.0. The van der Waals surface area contributed by atoms with Gasteiger partial charge >= 0.3 is 5.97 Å². The zero-order chi connectivity index (χ0) is 17.2. The maximum atomic E-state index is 11.8. The maximum absolute atomic E-state index is 11.8. The third-order valence-corrected chi connectivity index (χ3v) is 3.59. The Morgan fingerprint density at radius 2 is 1.91 bits per heavy atom. The van der Waals surface area contributed by atoms with Gasteiger partial charge in [0.2, 0.25) is 5.91 Å². The van der Waals surface area contributed by atoms with Gasteiger partial charge in [-0.2, -0.15) is 0 Å². The first-order valence-electron chi connectivity index (χ1n) is 7.31. The van der Waals surface area contributed by atoms with Crippen molar-refractivity contribution in [2.45, 2.75) is 38.5 Å². The van der Waals surface area contributed by atoms with Crippen LogP contribution in [0.3, 0.4) is 0 Å². The van der Waals surface area contributed by atoms with E-state index in [-0.39, 0.29) is 29.5 Å². The van der Waals surface area contributed by atoms with Gasteiger partial charge in [-0.3, -0.25) is 19.7 Å². The van der Waals surface area contributed by atoms with E-state index in [2.05, 4.69) is 5.32 Å². The van der Waals surface area contributed by atoms with Crippen LogP contribution in [0.15, 0.2) is 18.2 Å². The van der Waals surface area contributed by atoms with Crippen molar-refractivity contribution in [3.8, 4) is 0 Å². The van der Waals surface area contributed by atoms with Gasteiger partial charge in [0.15, 0.2) is 0 Å². The number of carbonyl (C=O) groups excluding carboxylic acids is 1. The fraction of sp³-hybridized carbons (Fsp3) is 0.467. The van der Waals surface area contributed by atoms with Gasteiger partial charge in [0, 0.05) is 25.1 Å². The van der Waals surface area contributed by atoms with E-state index < -0.39 is 10.9 Å². The zero-order valence-electron chi connectivity index (χ0n) is 12.6. The average molecular weight is 343 g/mol. The minimum absolute atomic E-state index is 0.0653. The molecule has 0 aliphatic rings. The molecule has 1 aromatic carbocycles. The molecule has 126 valence electrons. The van der Waals surface area contributed by atoms with E-state index in [1.54, 1.807) is 0 Å². The SMILES string of the molecule is O=C(O)CCCCCCNC(=O)Cc1ccc([N+](=O)[O-])cc1Cl. The summed E-state index contributed by atoms with van der Waals surface area (Å²) in [6.07, 6.45) is 3.32. The van der Waals surface area contributed by atoms with E-state index in [0.717, 1.165) is 19.3 Å². The standard InChI is InChI=1S/C15H19ClN2O5/c16-13-10-12(18(22)23)7-6-11(13)9-14(19)17-8-4-2-1-3-5-15(20)21/h6-7,10H,1-5,8-9H2,(H,17,19)(H,20,21). The van der Waals surface area contributed by atoms with Gasteiger partial charge in [-0.15, -0.1) is 0 Å². The summed E-state index contributed by atoms with van der Waals surface area (Å²) in [7, 11) is 0. The topological polar surface area (TPSA) is 110 Å². The monoisotopic (exact) mass is 342 g/mol. The largest absolute Gasteiger partial charge is 0.481 e. The van der Waals surface area contributed by atoms with Crippen LogP contribution in [0.25, 0.3) is 0 Å². The Bertz CT molecular complexity index is 577. The molecule has 0 radical (unpaired) electrons. The van der Waals surface area contributed by atoms with Gasteiger partial charge in [-0.1, -0.05) is 30.5 Å². The van der Waals surface area contributed by atoms with Crippen LogP contribution >= 0.6 is 11.6 Å². The molecule has 1 aromatic rings. The number of halogens is 1. The third-order valence-electron chi connectivity index (χ3n) is 3.24. The Labute approximate surface area is 138 Å². The van der Waals surface area contributed by atoms with Crippen molar-refractivity contribution in [1.29, 1.82) is 0 Å². The normalized spacial score (nSPS) is 10.3. The van der Waals surface area contributed by atoms with E-state index in [9.17, 15) is 19.7 Å². The number of non-ortho nitro benzene ring substituents is 1. The lowest BCUT2D eigenvalue weighted by Crippen LogP contribution is -2.26. The Balaban J connectivity index is 2.26. The lowest BCUT2D eigenvalue weighted by Gasteiger charge is -2.06. The highest BCUT2D eigenvalue weighted by Gasteiger charge is 2.12. The van der Waals surface area contributed by atoms with E-state index in [4.69, 9.17) is 16.7 Å². The van der Waals surface area contributed by atoms with Crippen LogP contribution in [-0.4, -0.2) is 28.5 Å². The van der Waals surface area contributed by atoms with Crippen LogP contribution in [0.5, 0.6) is 0 Å². The molecule has 1 amide bonds. The number of carboxylic acids is 1. The lowest BCUT2D eigenvalue weighted by molar-refractivity contribution is -0.384. The number of nitrogens with zero attached hydrogens (tertiary/aromatic N) is 1. The fourth-order valence-corrected chi connectivity index (χ4v) is 2.25. The van der Waals surface area contributed by atoms with Gasteiger partial charge in [0.05, 0.1) is 16.4 Å². The summed E-state index contributed by atoms with van der Waals surface area (Å²) in [5.74, 6) is -0.996. The molecule has 0 fully saturated rings. The number of unbranched alkanes of at least 4 members (excludes halogenated alkanes) is 3. The summed E-state index contributed by atoms with van der Waals surface area (Å²) < 4.78 is 0. The molecule has 0 bridgehead atoms. The molecule has 0 saturated heterocycles. The predicted octanol–water partition coefficient (Wildman–Crippen LogP) is 2.94. The van der Waals surface area contributed by atoms with E-state index in [0.29, 0.717) is 18.5 Å². The zero-order valence-corrected chi connectivity index (χ0v) is 13.3. The van der Waals surface area contributed by atoms with Crippen molar-refractivity contribution >= 4 is 29.2 Å². The number of rotatable bonds is 10. The highest BCUT2D eigenvalue weighted by Crippen LogP contribution is 2.22. The number of aliphatic carboxylic acids is 1. The Morgan fingerprint density at radius 3 is 2.52 bits per heavy atom. The average Bonchev–Trinajstić information content (AvgIpc) is 2.47. The van der Waals surface area contributed by atoms with Gasteiger partial charge in [0.25, 0.3) is 5.69 Å². The van der Waals surface area contributed by atoms with Crippen molar-refractivity contribution in [1.82, 2.24) is 5.32 Å². The number of nitrogens with one attached hydrogen (secondary N) is 1. The van der Waals surface area contributed by atoms with Gasteiger partial charge < -0.3 is 10.4 Å². The van der Waals surface area contributed by atoms with E-state index >= 15 is 0 Å². The van der Waals surface area contributed by atoms with Crippen LogP contribution in [0.2, 0.25) is 5.02 Å². The summed E-state index contributed by atoms with van der Waals surface area (Å²) >= 11 is 5.93. The summed E-state index contributed by atoms with van der Waals surface area (Å²) in [5.41, 5.74) is 0.428. The van der Waals surface area contributed by atoms with Crippen LogP contribution in [-0.2, 0) is 16.0 Å². The Morgan fingerprint density at radius 1 is 1.22 bits per heavy atom. The molecule has 0 saturated carbocycles. The molecule has 0 heterocycles. The molecule has 0 spiro atoms. The number of nitro groups is 1. The van der Waals surface area contributed by atoms with Gasteiger partial charge in [-0.05, 0) is 18.4 Å². The number of benzene rings is 1. The molecule has 0 aliphatic carbocycles. The minimum Gasteiger partial charge on any atom is -0.481 e. The predicted molar refractivity (Wildman–Crippen MR) is 85.5 cm³/mol. The summed E-state index contributed by atoms with van der Waals surface area (Å²) in [6, 6.07) is 4.02. The fourth-order valence-electron chi connectivity index (χ4n) is 2.01. The van der Waals surface area contributed by atoms with Gasteiger partial charge in [-0.25, -0.2) is 0 Å². The summed E-state index contributed by atoms with van der Waals surface area (Å²) in [4.78, 5) is 32.2. The smallest absolute Gasteiger partial charge is 0.303 e. The lowest BCUT2D eigenvalue weighted by atomic mass is 10.1. The first-order valence-corrected chi connectivity index (χ1v) is 7.69. The van der Waals surface area contributed by atoms with Crippen molar-refractivity contribution in [2.75, 3.05) is 6.54 Å². The van der Waals surface area contributed by atoms with Crippen molar-refractivity contribution in [3.05, 3.63) is 38.9 Å². The maximum Gasteiger partial charge on any atom is 0.303 e. The number of hydrogen-bond donors (Lipinski definition) is 2. The second-order valence-corrected chi connectivity index (χ2v) is 5.52. The number of hydrogen-bond acceptors (Lipinski definition) is 4. The molecule has 23 heavy (non-hydrogen) atoms.